The van der Waals surface area contributed by atoms with E-state index in [1.54, 1.807) is 16.8 Å². The van der Waals surface area contributed by atoms with Gasteiger partial charge in [0.1, 0.15) is 5.52 Å². The first kappa shape index (κ1) is 9.45. The lowest BCUT2D eigenvalue weighted by atomic mass is 10.4. The molecular formula is C9H9N3O3. The van der Waals surface area contributed by atoms with Gasteiger partial charge >= 0.3 is 5.97 Å². The molecule has 0 aliphatic heterocycles. The third-order valence-electron chi connectivity index (χ3n) is 1.81. The Labute approximate surface area is 85.1 Å². The number of nitrogens with zero attached hydrogens (tertiary/aromatic N) is 3. The highest BCUT2D eigenvalue weighted by Gasteiger charge is 2.07. The minimum atomic E-state index is -1.03. The molecule has 0 amide bonds. The van der Waals surface area contributed by atoms with Crippen molar-refractivity contribution in [2.24, 2.45) is 0 Å². The highest BCUT2D eigenvalue weighted by atomic mass is 16.5. The minimum Gasteiger partial charge on any atom is -0.479 e. The Morgan fingerprint density at radius 2 is 2.47 bits per heavy atom. The lowest BCUT2D eigenvalue weighted by Gasteiger charge is -2.02. The Morgan fingerprint density at radius 1 is 1.67 bits per heavy atom. The largest absolute Gasteiger partial charge is 0.479 e. The maximum absolute atomic E-state index is 10.3. The zero-order valence-corrected chi connectivity index (χ0v) is 8.04. The summed E-state index contributed by atoms with van der Waals surface area (Å²) in [5.41, 5.74) is 1.49. The van der Waals surface area contributed by atoms with Gasteiger partial charge in [-0.15, -0.1) is 0 Å². The zero-order valence-electron chi connectivity index (χ0n) is 8.04. The Kier molecular flexibility index (Phi) is 2.24. The molecular weight excluding hydrogens is 198 g/mol. The highest BCUT2D eigenvalue weighted by molar-refractivity contribution is 5.69. The predicted octanol–water partition coefficient (Wildman–Crippen LogP) is 0.501. The fraction of sp³-hybridized carbons (Fsp3) is 0.222. The molecule has 1 N–H and O–H groups in total. The van der Waals surface area contributed by atoms with E-state index >= 15 is 0 Å². The van der Waals surface area contributed by atoms with Crippen LogP contribution in [-0.2, 0) is 4.79 Å². The second kappa shape index (κ2) is 3.56. The number of ether oxygens (including phenoxy) is 1. The van der Waals surface area contributed by atoms with Crippen molar-refractivity contribution in [3.8, 4) is 5.88 Å². The number of carbonyl (C=O) groups is 1. The van der Waals surface area contributed by atoms with Crippen LogP contribution >= 0.6 is 0 Å². The Hall–Kier alpha value is -2.11. The van der Waals surface area contributed by atoms with E-state index in [4.69, 9.17) is 9.84 Å². The summed E-state index contributed by atoms with van der Waals surface area (Å²) in [5, 5.41) is 12.6. The fourth-order valence-corrected chi connectivity index (χ4v) is 1.26. The van der Waals surface area contributed by atoms with Crippen LogP contribution in [0.5, 0.6) is 5.88 Å². The Balaban J connectivity index is 2.37. The fourth-order valence-electron chi connectivity index (χ4n) is 1.26. The maximum Gasteiger partial charge on any atom is 0.341 e. The highest BCUT2D eigenvalue weighted by Crippen LogP contribution is 2.16. The summed E-state index contributed by atoms with van der Waals surface area (Å²) in [4.78, 5) is 14.3. The van der Waals surface area contributed by atoms with Crippen LogP contribution < -0.4 is 4.74 Å². The van der Waals surface area contributed by atoms with Crippen LogP contribution in [0.1, 0.15) is 5.69 Å². The van der Waals surface area contributed by atoms with Crippen LogP contribution in [0.4, 0.5) is 0 Å². The van der Waals surface area contributed by atoms with E-state index in [-0.39, 0.29) is 5.88 Å². The Bertz CT molecular complexity index is 506. The van der Waals surface area contributed by atoms with Crippen LogP contribution in [0.15, 0.2) is 18.5 Å². The van der Waals surface area contributed by atoms with E-state index in [1.807, 2.05) is 6.92 Å². The van der Waals surface area contributed by atoms with Gasteiger partial charge in [0.25, 0.3) is 0 Å². The standard InChI is InChI=1S/C9H9N3O3/c1-6-4-7-9(15-5-8(13)14)10-2-3-12(7)11-6/h2-4H,5H2,1H3,(H,13,14). The van der Waals surface area contributed by atoms with Gasteiger partial charge in [-0.1, -0.05) is 0 Å². The number of carboxylic acid groups (broad SMARTS) is 1. The molecule has 2 aromatic heterocycles. The molecule has 0 unspecified atom stereocenters. The van der Waals surface area contributed by atoms with Crippen molar-refractivity contribution < 1.29 is 14.6 Å². The molecule has 0 fully saturated rings. The smallest absolute Gasteiger partial charge is 0.341 e. The molecule has 0 aromatic carbocycles. The molecule has 0 saturated carbocycles. The van der Waals surface area contributed by atoms with Gasteiger partial charge in [0.2, 0.25) is 5.88 Å². The van der Waals surface area contributed by atoms with Gasteiger partial charge in [-0.2, -0.15) is 5.10 Å². The average molecular weight is 207 g/mol. The first-order valence-electron chi connectivity index (χ1n) is 4.32. The molecule has 0 saturated heterocycles. The van der Waals surface area contributed by atoms with Gasteiger partial charge < -0.3 is 9.84 Å². The van der Waals surface area contributed by atoms with Crippen molar-refractivity contribution in [2.75, 3.05) is 6.61 Å². The molecule has 0 aliphatic rings. The monoisotopic (exact) mass is 207 g/mol. The number of aliphatic carboxylic acids is 1. The van der Waals surface area contributed by atoms with Crippen LogP contribution in [0.2, 0.25) is 0 Å². The SMILES string of the molecule is Cc1cc2c(OCC(=O)O)nccn2n1. The number of fused-ring (bicyclic) bond motifs is 1. The van der Waals surface area contributed by atoms with Gasteiger partial charge in [-0.05, 0) is 13.0 Å². The molecule has 6 nitrogen and oxygen atoms in total. The number of hydrogen-bond donors (Lipinski definition) is 1. The molecule has 0 atom stereocenters. The molecule has 0 aliphatic carbocycles. The van der Waals surface area contributed by atoms with E-state index in [2.05, 4.69) is 10.1 Å². The summed E-state index contributed by atoms with van der Waals surface area (Å²) >= 11 is 0. The minimum absolute atomic E-state index is 0.278. The quantitative estimate of drug-likeness (QED) is 0.793. The molecule has 2 rings (SSSR count). The summed E-state index contributed by atoms with van der Waals surface area (Å²) in [6.45, 7) is 1.44. The summed E-state index contributed by atoms with van der Waals surface area (Å²) < 4.78 is 6.62. The van der Waals surface area contributed by atoms with E-state index in [0.717, 1.165) is 5.69 Å². The molecule has 6 heteroatoms. The summed E-state index contributed by atoms with van der Waals surface area (Å²) in [5.74, 6) is -0.754. The molecule has 0 bridgehead atoms. The zero-order chi connectivity index (χ0) is 10.8. The van der Waals surface area contributed by atoms with Gasteiger partial charge in [0.15, 0.2) is 6.61 Å². The van der Waals surface area contributed by atoms with Crippen LogP contribution in [-0.4, -0.2) is 32.3 Å². The first-order valence-corrected chi connectivity index (χ1v) is 4.32. The van der Waals surface area contributed by atoms with E-state index < -0.39 is 12.6 Å². The number of aryl methyl sites for hydroxylation is 1. The van der Waals surface area contributed by atoms with Crippen molar-refractivity contribution in [1.29, 1.82) is 0 Å². The van der Waals surface area contributed by atoms with Crippen molar-refractivity contribution in [3.63, 3.8) is 0 Å². The van der Waals surface area contributed by atoms with Crippen molar-refractivity contribution >= 4 is 11.5 Å². The molecule has 0 radical (unpaired) electrons. The molecule has 78 valence electrons. The second-order valence-corrected chi connectivity index (χ2v) is 3.03. The van der Waals surface area contributed by atoms with Crippen molar-refractivity contribution in [3.05, 3.63) is 24.2 Å². The summed E-state index contributed by atoms with van der Waals surface area (Å²) in [6.07, 6.45) is 3.19. The molecule has 15 heavy (non-hydrogen) atoms. The molecule has 0 spiro atoms. The Morgan fingerprint density at radius 3 is 3.20 bits per heavy atom. The van der Waals surface area contributed by atoms with Gasteiger partial charge in [-0.3, -0.25) is 0 Å². The van der Waals surface area contributed by atoms with Crippen molar-refractivity contribution in [2.45, 2.75) is 6.92 Å². The molecule has 2 aromatic rings. The average Bonchev–Trinajstić information content (AvgIpc) is 2.55. The van der Waals surface area contributed by atoms with Crippen LogP contribution in [0, 0.1) is 6.92 Å². The van der Waals surface area contributed by atoms with Gasteiger partial charge in [0.05, 0.1) is 5.69 Å². The molecule has 2 heterocycles. The normalized spacial score (nSPS) is 10.5. The van der Waals surface area contributed by atoms with Crippen LogP contribution in [0.25, 0.3) is 5.52 Å². The topological polar surface area (TPSA) is 76.7 Å². The third-order valence-corrected chi connectivity index (χ3v) is 1.81. The predicted molar refractivity (Wildman–Crippen MR) is 50.9 cm³/mol. The van der Waals surface area contributed by atoms with E-state index in [0.29, 0.717) is 5.52 Å². The first-order chi connectivity index (χ1) is 7.16. The summed E-state index contributed by atoms with van der Waals surface area (Å²) in [7, 11) is 0. The third kappa shape index (κ3) is 1.88. The maximum atomic E-state index is 10.3. The summed E-state index contributed by atoms with van der Waals surface area (Å²) in [6, 6.07) is 1.78. The van der Waals surface area contributed by atoms with E-state index in [9.17, 15) is 4.79 Å². The van der Waals surface area contributed by atoms with Gasteiger partial charge in [-0.25, -0.2) is 14.3 Å². The lowest BCUT2D eigenvalue weighted by molar-refractivity contribution is -0.139. The second-order valence-electron chi connectivity index (χ2n) is 3.03. The van der Waals surface area contributed by atoms with Crippen LogP contribution in [0.3, 0.4) is 0 Å². The van der Waals surface area contributed by atoms with Gasteiger partial charge in [0, 0.05) is 12.4 Å². The van der Waals surface area contributed by atoms with E-state index in [1.165, 1.54) is 6.20 Å². The number of aromatic nitrogens is 3. The van der Waals surface area contributed by atoms with Crippen molar-refractivity contribution in [1.82, 2.24) is 14.6 Å². The number of carboxylic acids is 1. The number of hydrogen-bond acceptors (Lipinski definition) is 4. The lowest BCUT2D eigenvalue weighted by Crippen LogP contribution is -2.10. The number of rotatable bonds is 3.